The average molecular weight is 294 g/mol. The van der Waals surface area contributed by atoms with E-state index in [9.17, 15) is 9.59 Å². The lowest BCUT2D eigenvalue weighted by atomic mass is 10.2. The Bertz CT molecular complexity index is 584. The third-order valence-electron chi connectivity index (χ3n) is 3.25. The van der Waals surface area contributed by atoms with Gasteiger partial charge in [-0.15, -0.1) is 0 Å². The molecule has 2 fully saturated rings. The first-order valence-electron chi connectivity index (χ1n) is 6.21. The van der Waals surface area contributed by atoms with Crippen LogP contribution in [0.3, 0.4) is 0 Å². The SMILES string of the molecule is O=C(OCc1ccccc1)/C(Cl)=C1\CN2C(=O)CC2O1. The number of ether oxygens (including phenoxy) is 2. The summed E-state index contributed by atoms with van der Waals surface area (Å²) in [6.45, 7) is 0.387. The van der Waals surface area contributed by atoms with Crippen LogP contribution in [0.1, 0.15) is 12.0 Å². The van der Waals surface area contributed by atoms with Crippen LogP contribution in [0.2, 0.25) is 0 Å². The molecular formula is C14H12ClNO4. The van der Waals surface area contributed by atoms with Gasteiger partial charge in [0.05, 0.1) is 13.0 Å². The minimum absolute atomic E-state index is 0.00659. The molecule has 1 amide bonds. The number of rotatable bonds is 3. The molecule has 0 saturated carbocycles. The number of β-lactam (4-membered cyclic amide) rings is 1. The summed E-state index contributed by atoms with van der Waals surface area (Å²) in [4.78, 5) is 24.6. The van der Waals surface area contributed by atoms with Crippen LogP contribution in [0.15, 0.2) is 41.1 Å². The van der Waals surface area contributed by atoms with Crippen molar-refractivity contribution < 1.29 is 19.1 Å². The third kappa shape index (κ3) is 2.36. The summed E-state index contributed by atoms with van der Waals surface area (Å²) < 4.78 is 10.5. The van der Waals surface area contributed by atoms with Crippen molar-refractivity contribution in [1.29, 1.82) is 0 Å². The Kier molecular flexibility index (Phi) is 3.36. The summed E-state index contributed by atoms with van der Waals surface area (Å²) in [6.07, 6.45) is 0.0698. The fourth-order valence-corrected chi connectivity index (χ4v) is 2.26. The van der Waals surface area contributed by atoms with E-state index in [0.717, 1.165) is 5.56 Å². The first-order valence-corrected chi connectivity index (χ1v) is 6.59. The molecule has 0 bridgehead atoms. The Balaban J connectivity index is 1.61. The number of benzene rings is 1. The third-order valence-corrected chi connectivity index (χ3v) is 3.61. The lowest BCUT2D eigenvalue weighted by Gasteiger charge is -2.30. The fourth-order valence-electron chi connectivity index (χ4n) is 2.10. The molecule has 6 heteroatoms. The van der Waals surface area contributed by atoms with E-state index < -0.39 is 5.97 Å². The Hall–Kier alpha value is -2.01. The number of carbonyl (C=O) groups is 2. The highest BCUT2D eigenvalue weighted by molar-refractivity contribution is 6.41. The summed E-state index contributed by atoms with van der Waals surface area (Å²) in [6, 6.07) is 9.31. The first-order chi connectivity index (χ1) is 9.65. The number of carbonyl (C=O) groups excluding carboxylic acids is 2. The van der Waals surface area contributed by atoms with E-state index in [4.69, 9.17) is 21.1 Å². The van der Waals surface area contributed by atoms with Crippen molar-refractivity contribution >= 4 is 23.5 Å². The van der Waals surface area contributed by atoms with Crippen LogP contribution in [0.25, 0.3) is 0 Å². The largest absolute Gasteiger partial charge is 0.470 e. The van der Waals surface area contributed by atoms with Gasteiger partial charge in [0.25, 0.3) is 0 Å². The van der Waals surface area contributed by atoms with E-state index in [1.807, 2.05) is 30.3 Å². The zero-order chi connectivity index (χ0) is 14.1. The lowest BCUT2D eigenvalue weighted by Crippen LogP contribution is -2.48. The number of hydrogen-bond donors (Lipinski definition) is 0. The summed E-state index contributed by atoms with van der Waals surface area (Å²) in [5.74, 6) is -0.326. The molecule has 2 saturated heterocycles. The molecule has 2 heterocycles. The number of amides is 1. The number of esters is 1. The second-order valence-corrected chi connectivity index (χ2v) is 4.98. The second kappa shape index (κ2) is 5.17. The second-order valence-electron chi connectivity index (χ2n) is 4.60. The summed E-state index contributed by atoms with van der Waals surface area (Å²) in [5, 5.41) is -0.0943. The fraction of sp³-hybridized carbons (Fsp3) is 0.286. The van der Waals surface area contributed by atoms with Crippen LogP contribution in [0.4, 0.5) is 0 Å². The quantitative estimate of drug-likeness (QED) is 0.484. The molecule has 1 atom stereocenters. The summed E-state index contributed by atoms with van der Waals surface area (Å²) >= 11 is 5.95. The van der Waals surface area contributed by atoms with Crippen molar-refractivity contribution in [2.24, 2.45) is 0 Å². The number of halogens is 1. The van der Waals surface area contributed by atoms with E-state index in [1.54, 1.807) is 0 Å². The van der Waals surface area contributed by atoms with Crippen molar-refractivity contribution in [2.75, 3.05) is 6.54 Å². The molecule has 2 aliphatic rings. The zero-order valence-corrected chi connectivity index (χ0v) is 11.3. The van der Waals surface area contributed by atoms with Crippen LogP contribution in [0.5, 0.6) is 0 Å². The monoisotopic (exact) mass is 293 g/mol. The molecule has 1 aromatic rings. The number of fused-ring (bicyclic) bond motifs is 1. The highest BCUT2D eigenvalue weighted by atomic mass is 35.5. The molecule has 5 nitrogen and oxygen atoms in total. The molecule has 0 aliphatic carbocycles. The van der Waals surface area contributed by atoms with E-state index in [1.165, 1.54) is 4.90 Å². The number of nitrogens with zero attached hydrogens (tertiary/aromatic N) is 1. The van der Waals surface area contributed by atoms with Gasteiger partial charge in [0, 0.05) is 0 Å². The molecule has 1 unspecified atom stereocenters. The molecule has 104 valence electrons. The van der Waals surface area contributed by atoms with Crippen LogP contribution in [0, 0.1) is 0 Å². The van der Waals surface area contributed by atoms with Crippen molar-refractivity contribution in [2.45, 2.75) is 19.3 Å². The van der Waals surface area contributed by atoms with Crippen LogP contribution in [-0.2, 0) is 25.7 Å². The minimum Gasteiger partial charge on any atom is -0.470 e. The Morgan fingerprint density at radius 3 is 2.80 bits per heavy atom. The smallest absolute Gasteiger partial charge is 0.353 e. The van der Waals surface area contributed by atoms with Gasteiger partial charge in [-0.2, -0.15) is 0 Å². The minimum atomic E-state index is -0.638. The highest BCUT2D eigenvalue weighted by Gasteiger charge is 2.45. The van der Waals surface area contributed by atoms with Gasteiger partial charge >= 0.3 is 5.97 Å². The van der Waals surface area contributed by atoms with Crippen LogP contribution < -0.4 is 0 Å². The first kappa shape index (κ1) is 13.0. The predicted molar refractivity (Wildman–Crippen MR) is 70.3 cm³/mol. The Morgan fingerprint density at radius 2 is 2.15 bits per heavy atom. The van der Waals surface area contributed by atoms with Crippen LogP contribution >= 0.6 is 11.6 Å². The molecule has 3 rings (SSSR count). The predicted octanol–water partition coefficient (Wildman–Crippen LogP) is 1.77. The van der Waals surface area contributed by atoms with E-state index in [2.05, 4.69) is 0 Å². The van der Waals surface area contributed by atoms with E-state index >= 15 is 0 Å². The highest BCUT2D eigenvalue weighted by Crippen LogP contribution is 2.33. The Labute approximate surface area is 120 Å². The van der Waals surface area contributed by atoms with Crippen molar-refractivity contribution in [3.8, 4) is 0 Å². The summed E-state index contributed by atoms with van der Waals surface area (Å²) in [5.41, 5.74) is 0.877. The molecule has 1 aromatic carbocycles. The van der Waals surface area contributed by atoms with Gasteiger partial charge in [-0.1, -0.05) is 41.9 Å². The van der Waals surface area contributed by atoms with E-state index in [0.29, 0.717) is 12.2 Å². The van der Waals surface area contributed by atoms with Gasteiger partial charge in [-0.3, -0.25) is 9.69 Å². The average Bonchev–Trinajstić information content (AvgIpc) is 2.82. The van der Waals surface area contributed by atoms with Gasteiger partial charge in [0.2, 0.25) is 5.91 Å². The van der Waals surface area contributed by atoms with Gasteiger partial charge < -0.3 is 9.47 Å². The standard InChI is InChI=1S/C14H12ClNO4/c15-13(10-7-16-11(17)6-12(16)20-10)14(18)19-8-9-4-2-1-3-5-9/h1-5,12H,6-8H2/b13-10-. The maximum Gasteiger partial charge on any atom is 0.353 e. The molecular weight excluding hydrogens is 282 g/mol. The van der Waals surface area contributed by atoms with Crippen molar-refractivity contribution in [1.82, 2.24) is 4.90 Å². The molecule has 0 N–H and O–H groups in total. The normalized spacial score (nSPS) is 22.8. The maximum absolute atomic E-state index is 11.8. The van der Waals surface area contributed by atoms with Crippen LogP contribution in [-0.4, -0.2) is 29.5 Å². The number of hydrogen-bond acceptors (Lipinski definition) is 4. The lowest BCUT2D eigenvalue weighted by molar-refractivity contribution is -0.154. The zero-order valence-electron chi connectivity index (χ0n) is 10.5. The van der Waals surface area contributed by atoms with Crippen molar-refractivity contribution in [3.05, 3.63) is 46.7 Å². The van der Waals surface area contributed by atoms with Crippen molar-refractivity contribution in [3.63, 3.8) is 0 Å². The maximum atomic E-state index is 11.8. The van der Waals surface area contributed by atoms with Gasteiger partial charge in [-0.25, -0.2) is 4.79 Å². The van der Waals surface area contributed by atoms with Gasteiger partial charge in [-0.05, 0) is 5.56 Å². The molecule has 0 radical (unpaired) electrons. The van der Waals surface area contributed by atoms with Gasteiger partial charge in [0.1, 0.15) is 12.4 Å². The topological polar surface area (TPSA) is 55.8 Å². The molecule has 0 spiro atoms. The Morgan fingerprint density at radius 1 is 1.40 bits per heavy atom. The molecule has 0 aromatic heterocycles. The summed E-state index contributed by atoms with van der Waals surface area (Å²) in [7, 11) is 0. The van der Waals surface area contributed by atoms with E-state index in [-0.39, 0.29) is 30.3 Å². The van der Waals surface area contributed by atoms with Gasteiger partial charge in [0.15, 0.2) is 11.3 Å². The molecule has 20 heavy (non-hydrogen) atoms. The molecule has 2 aliphatic heterocycles.